The smallest absolute Gasteiger partial charge is 0.352 e. The second-order valence-corrected chi connectivity index (χ2v) is 2.93. The predicted molar refractivity (Wildman–Crippen MR) is 49.1 cm³/mol. The van der Waals surface area contributed by atoms with Crippen molar-refractivity contribution in [2.45, 2.75) is 32.0 Å². The fraction of sp³-hybridized carbons (Fsp3) is 0.875. The van der Waals surface area contributed by atoms with Crippen LogP contribution >= 0.6 is 12.2 Å². The molecule has 0 radical (unpaired) electrons. The molecule has 4 heteroatoms. The molecule has 1 rings (SSSR count). The van der Waals surface area contributed by atoms with Crippen molar-refractivity contribution >= 4 is 17.5 Å². The van der Waals surface area contributed by atoms with Crippen LogP contribution in [0.15, 0.2) is 0 Å². The van der Waals surface area contributed by atoms with Crippen LogP contribution in [0.1, 0.15) is 21.1 Å². The van der Waals surface area contributed by atoms with Crippen LogP contribution in [0.4, 0.5) is 0 Å². The Kier molecular flexibility index (Phi) is 3.18. The monoisotopic (exact) mass is 192 g/mol. The first-order valence-electron chi connectivity index (χ1n) is 4.57. The van der Waals surface area contributed by atoms with Gasteiger partial charge in [0.15, 0.2) is 0 Å². The summed E-state index contributed by atoms with van der Waals surface area (Å²) in [5, 5.41) is 0.126. The molecule has 0 aliphatic carbocycles. The highest BCUT2D eigenvalue weighted by Gasteiger charge is 2.29. The zero-order chi connectivity index (χ0) is 9.84. The molecular weight excluding hydrogens is 176 g/mol. The van der Waals surface area contributed by atoms with Crippen molar-refractivity contribution in [1.29, 1.82) is 0 Å². The normalized spacial score (nSPS) is 35.8. The van der Waals surface area contributed by atoms with Gasteiger partial charge in [-0.1, -0.05) is 6.92 Å². The van der Waals surface area contributed by atoms with Crippen LogP contribution in [-0.2, 0) is 14.2 Å². The number of methoxy groups -OCH3 is 1. The summed E-state index contributed by atoms with van der Waals surface area (Å²) in [6.07, 6.45) is 1.23. The highest BCUT2D eigenvalue weighted by Crippen LogP contribution is 2.19. The van der Waals surface area contributed by atoms with Crippen LogP contribution in [0, 0.1) is 0 Å². The van der Waals surface area contributed by atoms with E-state index < -0.39 is 6.58 Å². The summed E-state index contributed by atoms with van der Waals surface area (Å²) < 4.78 is 22.7. The minimum Gasteiger partial charge on any atom is -0.460 e. The molecule has 0 amide bonds. The van der Waals surface area contributed by atoms with E-state index in [0.717, 1.165) is 6.42 Å². The average molecular weight is 192 g/mol. The van der Waals surface area contributed by atoms with Crippen LogP contribution in [0.2, 0.25) is 0 Å². The Morgan fingerprint density at radius 2 is 2.58 bits per heavy atom. The Morgan fingerprint density at radius 3 is 3.17 bits per heavy atom. The third-order valence-electron chi connectivity index (χ3n) is 1.83. The van der Waals surface area contributed by atoms with Crippen molar-refractivity contribution in [2.24, 2.45) is 0 Å². The highest BCUT2D eigenvalue weighted by atomic mass is 32.1. The summed E-state index contributed by atoms with van der Waals surface area (Å²) in [7, 11) is 1.47. The van der Waals surface area contributed by atoms with Crippen LogP contribution in [0.3, 0.4) is 0 Å². The number of ether oxygens (including phenoxy) is 3. The molecule has 0 aromatic carbocycles. The first-order chi connectivity index (χ1) is 6.17. The van der Waals surface area contributed by atoms with Crippen molar-refractivity contribution in [3.63, 3.8) is 0 Å². The maximum atomic E-state index is 7.41. The van der Waals surface area contributed by atoms with Crippen LogP contribution < -0.4 is 0 Å². The summed E-state index contributed by atoms with van der Waals surface area (Å²) in [5.74, 6) is 0. The molecule has 1 fully saturated rings. The van der Waals surface area contributed by atoms with Gasteiger partial charge in [-0.15, -0.1) is 0 Å². The van der Waals surface area contributed by atoms with E-state index in [1.807, 2.05) is 6.92 Å². The quantitative estimate of drug-likeness (QED) is 0.620. The predicted octanol–water partition coefficient (Wildman–Crippen LogP) is 1.50. The van der Waals surface area contributed by atoms with Gasteiger partial charge in [0.2, 0.25) is 0 Å². The molecule has 3 nitrogen and oxygen atoms in total. The highest BCUT2D eigenvalue weighted by molar-refractivity contribution is 7.79. The Balaban J connectivity index is 2.43. The molecule has 0 saturated carbocycles. The summed E-state index contributed by atoms with van der Waals surface area (Å²) in [6, 6.07) is 0. The molecular formula is C8H14O3S. The van der Waals surface area contributed by atoms with Crippen LogP contribution in [0.25, 0.3) is 0 Å². The van der Waals surface area contributed by atoms with Gasteiger partial charge in [0.05, 0.1) is 21.2 Å². The summed E-state index contributed by atoms with van der Waals surface area (Å²) in [5.41, 5.74) is 0. The number of hydrogen-bond acceptors (Lipinski definition) is 4. The molecule has 1 unspecified atom stereocenters. The Hall–Kier alpha value is -0.350. The molecule has 12 heavy (non-hydrogen) atoms. The fourth-order valence-corrected chi connectivity index (χ4v) is 1.29. The lowest BCUT2D eigenvalue weighted by Gasteiger charge is -2.17. The maximum absolute atomic E-state index is 7.41. The molecule has 0 N–H and O–H groups in total. The molecule has 1 saturated heterocycles. The van der Waals surface area contributed by atoms with Gasteiger partial charge in [-0.05, 0) is 6.42 Å². The Morgan fingerprint density at radius 1 is 1.83 bits per heavy atom. The number of hydrogen-bond donors (Lipinski definition) is 0. The number of rotatable bonds is 2. The molecule has 0 bridgehead atoms. The van der Waals surface area contributed by atoms with E-state index in [0.29, 0.717) is 6.42 Å². The van der Waals surface area contributed by atoms with E-state index in [4.69, 9.17) is 27.8 Å². The summed E-state index contributed by atoms with van der Waals surface area (Å²) >= 11 is 4.77. The van der Waals surface area contributed by atoms with Crippen molar-refractivity contribution in [2.75, 3.05) is 13.7 Å². The molecule has 1 aliphatic rings. The van der Waals surface area contributed by atoms with Crippen LogP contribution in [-0.4, -0.2) is 31.1 Å². The second-order valence-electron chi connectivity index (χ2n) is 2.60. The lowest BCUT2D eigenvalue weighted by atomic mass is 10.1. The minimum atomic E-state index is -0.491. The Bertz CT molecular complexity index is 188. The second kappa shape index (κ2) is 4.62. The van der Waals surface area contributed by atoms with Gasteiger partial charge in [0.25, 0.3) is 0 Å². The third kappa shape index (κ3) is 2.32. The maximum Gasteiger partial charge on any atom is 0.352 e. The van der Waals surface area contributed by atoms with Gasteiger partial charge in [-0.2, -0.15) is 0 Å². The van der Waals surface area contributed by atoms with Crippen molar-refractivity contribution in [3.05, 3.63) is 0 Å². The Labute approximate surface area is 79.4 Å². The van der Waals surface area contributed by atoms with E-state index in [-0.39, 0.29) is 17.4 Å². The van der Waals surface area contributed by atoms with E-state index >= 15 is 0 Å². The minimum absolute atomic E-state index is 0.0319. The van der Waals surface area contributed by atoms with Crippen molar-refractivity contribution in [1.82, 2.24) is 0 Å². The van der Waals surface area contributed by atoms with E-state index in [1.165, 1.54) is 7.11 Å². The molecule has 3 atom stereocenters. The van der Waals surface area contributed by atoms with Gasteiger partial charge in [-0.3, -0.25) is 0 Å². The molecule has 0 aromatic rings. The summed E-state index contributed by atoms with van der Waals surface area (Å²) in [4.78, 5) is 0. The third-order valence-corrected chi connectivity index (χ3v) is 2.09. The molecule has 0 spiro atoms. The van der Waals surface area contributed by atoms with E-state index in [9.17, 15) is 0 Å². The molecule has 1 heterocycles. The van der Waals surface area contributed by atoms with Crippen molar-refractivity contribution < 1.29 is 15.6 Å². The van der Waals surface area contributed by atoms with Crippen LogP contribution in [0.5, 0.6) is 0 Å². The van der Waals surface area contributed by atoms with Crippen molar-refractivity contribution in [3.8, 4) is 0 Å². The van der Waals surface area contributed by atoms with Gasteiger partial charge in [-0.25, -0.2) is 0 Å². The van der Waals surface area contributed by atoms with E-state index in [1.54, 1.807) is 0 Å². The molecule has 0 aromatic heterocycles. The fourth-order valence-electron chi connectivity index (χ4n) is 1.17. The zero-order valence-electron chi connectivity index (χ0n) is 8.28. The topological polar surface area (TPSA) is 27.7 Å². The largest absolute Gasteiger partial charge is 0.460 e. The lowest BCUT2D eigenvalue weighted by molar-refractivity contribution is 0.0341. The zero-order valence-corrected chi connectivity index (χ0v) is 8.10. The first-order valence-corrected chi connectivity index (χ1v) is 4.40. The SMILES string of the molecule is [3H][C@H]1CC(OC(=S)OC)[C@@H](CC)O1. The molecule has 70 valence electrons. The number of thiocarbonyl (C=S) groups is 1. The molecule has 1 aliphatic heterocycles. The first kappa shape index (κ1) is 8.26. The van der Waals surface area contributed by atoms with E-state index in [2.05, 4.69) is 0 Å². The standard InChI is InChI=1S/C8H14O3S/c1-3-6-7(4-5-10-6)11-8(12)9-2/h6-7H,3-5H2,1-2H3/t6-,7?/m1/s1/i5T/t5-,6+,7?/m0. The van der Waals surface area contributed by atoms with Gasteiger partial charge in [0.1, 0.15) is 6.10 Å². The summed E-state index contributed by atoms with van der Waals surface area (Å²) in [6.45, 7) is 1.50. The lowest BCUT2D eigenvalue weighted by Crippen LogP contribution is -2.26. The van der Waals surface area contributed by atoms with Gasteiger partial charge < -0.3 is 14.2 Å². The average Bonchev–Trinajstić information content (AvgIpc) is 2.46. The van der Waals surface area contributed by atoms with Gasteiger partial charge in [0, 0.05) is 18.6 Å². The van der Waals surface area contributed by atoms with Gasteiger partial charge >= 0.3 is 5.24 Å².